The van der Waals surface area contributed by atoms with Crippen LogP contribution in [0.5, 0.6) is 17.2 Å². The second kappa shape index (κ2) is 16.5. The topological polar surface area (TPSA) is 111 Å². The van der Waals surface area contributed by atoms with Crippen molar-refractivity contribution in [2.45, 2.75) is 27.1 Å². The van der Waals surface area contributed by atoms with Gasteiger partial charge in [0.1, 0.15) is 30.5 Å². The molecular formula is C27H30ClN3O4W. The quantitative estimate of drug-likeness (QED) is 0.166. The molecule has 0 aliphatic carbocycles. The third-order valence-electron chi connectivity index (χ3n) is 4.50. The Morgan fingerprint density at radius 2 is 1.42 bits per heavy atom. The molecule has 0 fully saturated rings. The summed E-state index contributed by atoms with van der Waals surface area (Å²) in [6, 6.07) is 19.9. The minimum Gasteiger partial charge on any atom is -0.506 e. The van der Waals surface area contributed by atoms with Crippen molar-refractivity contribution in [1.29, 1.82) is 0 Å². The van der Waals surface area contributed by atoms with Gasteiger partial charge >= 0.3 is 0 Å². The first-order valence-electron chi connectivity index (χ1n) is 11.0. The van der Waals surface area contributed by atoms with Gasteiger partial charge in [0.15, 0.2) is 5.82 Å². The van der Waals surface area contributed by atoms with E-state index in [4.69, 9.17) is 31.9 Å². The summed E-state index contributed by atoms with van der Waals surface area (Å²) in [5.74, 6) is 1.81. The van der Waals surface area contributed by atoms with Crippen molar-refractivity contribution in [3.05, 3.63) is 95.3 Å². The number of aliphatic hydroxyl groups is 1. The summed E-state index contributed by atoms with van der Waals surface area (Å²) in [5, 5.41) is 17.3. The first-order valence-corrected chi connectivity index (χ1v) is 11.4. The Labute approximate surface area is 231 Å². The van der Waals surface area contributed by atoms with E-state index in [-0.39, 0.29) is 33.4 Å². The Morgan fingerprint density at radius 1 is 0.806 bits per heavy atom. The number of hydrogen-bond donors (Lipinski definition) is 3. The van der Waals surface area contributed by atoms with E-state index in [2.05, 4.69) is 9.97 Å². The van der Waals surface area contributed by atoms with Gasteiger partial charge in [-0.1, -0.05) is 49.7 Å². The molecule has 0 aliphatic rings. The van der Waals surface area contributed by atoms with Crippen LogP contribution in [0.25, 0.3) is 11.4 Å². The number of aromatic hydroxyl groups is 1. The van der Waals surface area contributed by atoms with Crippen molar-refractivity contribution < 1.29 is 40.8 Å². The molecule has 0 amide bonds. The maximum absolute atomic E-state index is 9.65. The molecule has 7 nitrogen and oxygen atoms in total. The summed E-state index contributed by atoms with van der Waals surface area (Å²) in [6.07, 6.45) is 3.41. The monoisotopic (exact) mass is 679 g/mol. The Morgan fingerprint density at radius 3 is 2.06 bits per heavy atom. The number of hydrogen-bond acceptors (Lipinski definition) is 7. The number of benzene rings is 3. The standard InChI is InChI=1S/C24H20ClN3O3.C2H6.CH4O.W/c25-19-5-1-3-16(9-19)14-30-20-6-2-4-18(10-20)24-27-12-17(13-28-24)15-31-21-7-8-22(26)23(29)11-21;2*1-2;/h1-13,29H,14-15,26H2;1-2H3;2H,1H3;. The molecule has 0 spiro atoms. The number of anilines is 1. The van der Waals surface area contributed by atoms with Gasteiger partial charge in [0, 0.05) is 62.8 Å². The summed E-state index contributed by atoms with van der Waals surface area (Å²) in [7, 11) is 1.00. The summed E-state index contributed by atoms with van der Waals surface area (Å²) in [6.45, 7) is 4.69. The van der Waals surface area contributed by atoms with Gasteiger partial charge in [0.2, 0.25) is 0 Å². The van der Waals surface area contributed by atoms with E-state index in [9.17, 15) is 5.11 Å². The van der Waals surface area contributed by atoms with Gasteiger partial charge in [0.05, 0.1) is 5.69 Å². The molecule has 4 rings (SSSR count). The molecule has 0 aliphatic heterocycles. The average molecular weight is 680 g/mol. The fourth-order valence-electron chi connectivity index (χ4n) is 2.88. The van der Waals surface area contributed by atoms with Crippen LogP contribution in [-0.4, -0.2) is 27.3 Å². The van der Waals surface area contributed by atoms with Gasteiger partial charge < -0.3 is 25.4 Å². The number of ether oxygens (including phenoxy) is 2. The van der Waals surface area contributed by atoms with Crippen LogP contribution >= 0.6 is 11.6 Å². The maximum Gasteiger partial charge on any atom is 0.159 e. The molecular weight excluding hydrogens is 650 g/mol. The van der Waals surface area contributed by atoms with Gasteiger partial charge in [-0.05, 0) is 42.0 Å². The molecule has 4 aromatic rings. The molecule has 0 atom stereocenters. The predicted octanol–water partition coefficient (Wildman–Crippen LogP) is 5.88. The number of phenols is 1. The predicted molar refractivity (Wildman–Crippen MR) is 140 cm³/mol. The van der Waals surface area contributed by atoms with Crippen molar-refractivity contribution in [3.63, 3.8) is 0 Å². The van der Waals surface area contributed by atoms with Crippen molar-refractivity contribution in [3.8, 4) is 28.6 Å². The minimum absolute atomic E-state index is 0. The average Bonchev–Trinajstić information content (AvgIpc) is 2.91. The van der Waals surface area contributed by atoms with Gasteiger partial charge in [-0.15, -0.1) is 0 Å². The van der Waals surface area contributed by atoms with E-state index in [0.29, 0.717) is 28.9 Å². The van der Waals surface area contributed by atoms with E-state index in [1.54, 1.807) is 24.5 Å². The fourth-order valence-corrected chi connectivity index (χ4v) is 3.09. The first-order chi connectivity index (χ1) is 17.1. The molecule has 0 saturated heterocycles. The third-order valence-corrected chi connectivity index (χ3v) is 4.73. The van der Waals surface area contributed by atoms with Gasteiger partial charge in [-0.2, -0.15) is 0 Å². The number of nitrogens with zero attached hydrogens (tertiary/aromatic N) is 2. The second-order valence-electron chi connectivity index (χ2n) is 6.87. The van der Waals surface area contributed by atoms with Crippen LogP contribution in [0.2, 0.25) is 5.02 Å². The van der Waals surface area contributed by atoms with Crippen molar-refractivity contribution >= 4 is 17.3 Å². The smallest absolute Gasteiger partial charge is 0.159 e. The molecule has 4 N–H and O–H groups in total. The molecule has 0 unspecified atom stereocenters. The normalized spacial score (nSPS) is 9.47. The largest absolute Gasteiger partial charge is 0.506 e. The molecule has 190 valence electrons. The molecule has 0 radical (unpaired) electrons. The Hall–Kier alpha value is -3.12. The van der Waals surface area contributed by atoms with Crippen LogP contribution in [0.4, 0.5) is 5.69 Å². The van der Waals surface area contributed by atoms with Crippen molar-refractivity contribution in [2.24, 2.45) is 0 Å². The zero-order chi connectivity index (χ0) is 25.6. The first kappa shape index (κ1) is 30.9. The molecule has 0 bridgehead atoms. The van der Waals surface area contributed by atoms with Gasteiger partial charge in [-0.3, -0.25) is 0 Å². The van der Waals surface area contributed by atoms with E-state index < -0.39 is 0 Å². The number of rotatable bonds is 7. The number of nitrogen functional groups attached to an aromatic ring is 1. The molecule has 1 heterocycles. The van der Waals surface area contributed by atoms with Crippen LogP contribution in [0.15, 0.2) is 79.1 Å². The van der Waals surface area contributed by atoms with Crippen LogP contribution in [0.1, 0.15) is 25.0 Å². The molecule has 36 heavy (non-hydrogen) atoms. The van der Waals surface area contributed by atoms with E-state index in [0.717, 1.165) is 29.5 Å². The number of aliphatic hydroxyl groups excluding tert-OH is 1. The zero-order valence-electron chi connectivity index (χ0n) is 20.4. The van der Waals surface area contributed by atoms with E-state index in [1.807, 2.05) is 62.4 Å². The number of halogens is 1. The van der Waals surface area contributed by atoms with Crippen LogP contribution < -0.4 is 15.2 Å². The maximum atomic E-state index is 9.65. The Balaban J connectivity index is 0.00000123. The van der Waals surface area contributed by atoms with Crippen LogP contribution in [0, 0.1) is 0 Å². The van der Waals surface area contributed by atoms with E-state index in [1.165, 1.54) is 6.07 Å². The molecule has 9 heteroatoms. The van der Waals surface area contributed by atoms with E-state index >= 15 is 0 Å². The van der Waals surface area contributed by atoms with Crippen molar-refractivity contribution in [1.82, 2.24) is 9.97 Å². The molecule has 1 aromatic heterocycles. The Bertz CT molecular complexity index is 1190. The zero-order valence-corrected chi connectivity index (χ0v) is 24.1. The van der Waals surface area contributed by atoms with Gasteiger partial charge in [0.25, 0.3) is 0 Å². The van der Waals surface area contributed by atoms with Crippen molar-refractivity contribution in [2.75, 3.05) is 12.8 Å². The minimum atomic E-state index is -0.0124. The second-order valence-corrected chi connectivity index (χ2v) is 7.31. The number of phenolic OH excluding ortho intramolecular Hbond substituents is 1. The summed E-state index contributed by atoms with van der Waals surface area (Å²) in [4.78, 5) is 8.86. The third kappa shape index (κ3) is 9.50. The SMILES string of the molecule is CC.CO.Nc1ccc(OCc2cnc(-c3cccc(OCc4cccc(Cl)c4)c3)nc2)cc1O.[W]. The van der Waals surface area contributed by atoms with Crippen LogP contribution in [0.3, 0.4) is 0 Å². The number of nitrogens with two attached hydrogens (primary N) is 1. The molecule has 3 aromatic carbocycles. The molecule has 0 saturated carbocycles. The van der Waals surface area contributed by atoms with Crippen LogP contribution in [-0.2, 0) is 34.3 Å². The fraction of sp³-hybridized carbons (Fsp3) is 0.185. The number of aromatic nitrogens is 2. The van der Waals surface area contributed by atoms with Gasteiger partial charge in [-0.25, -0.2) is 9.97 Å². The summed E-state index contributed by atoms with van der Waals surface area (Å²) >= 11 is 6.02. The Kier molecular flexibility index (Phi) is 14.2. The summed E-state index contributed by atoms with van der Waals surface area (Å²) < 4.78 is 11.5. The summed E-state index contributed by atoms with van der Waals surface area (Å²) in [5.41, 5.74) is 8.54.